The Bertz CT molecular complexity index is 134. The number of rotatable bonds is 1. The second-order valence-electron chi connectivity index (χ2n) is 1.08. The van der Waals surface area contributed by atoms with Crippen molar-refractivity contribution in [1.82, 2.24) is 0 Å². The Kier molecular flexibility index (Phi) is 2.33. The molecule has 0 fully saturated rings. The summed E-state index contributed by atoms with van der Waals surface area (Å²) >= 11 is 0. The lowest BCUT2D eigenvalue weighted by atomic mass is 10.6. The first-order valence-electron chi connectivity index (χ1n) is 1.93. The van der Waals surface area contributed by atoms with Crippen molar-refractivity contribution >= 4 is 11.9 Å². The summed E-state index contributed by atoms with van der Waals surface area (Å²) in [5.74, 6) is -0.764. The highest BCUT2D eigenvalue weighted by Gasteiger charge is 1.86. The standard InChI is InChI=1S/C4H7N3O/c1-2-3(8)7-4(5)6/h2H,1H2,(H4,5,6,7,8). The van der Waals surface area contributed by atoms with E-state index < -0.39 is 5.91 Å². The first-order chi connectivity index (χ1) is 3.66. The van der Waals surface area contributed by atoms with Gasteiger partial charge in [-0.3, -0.25) is 4.79 Å². The third-order valence-electron chi connectivity index (χ3n) is 0.414. The fourth-order valence-electron chi connectivity index (χ4n) is 0.173. The number of aliphatic imine (C=N–C) groups is 1. The zero-order valence-corrected chi connectivity index (χ0v) is 4.29. The predicted molar refractivity (Wildman–Crippen MR) is 31.0 cm³/mol. The molecule has 0 atom stereocenters. The summed E-state index contributed by atoms with van der Waals surface area (Å²) in [4.78, 5) is 13.3. The summed E-state index contributed by atoms with van der Waals surface area (Å²) in [6.07, 6.45) is 1.03. The van der Waals surface area contributed by atoms with Gasteiger partial charge in [0.2, 0.25) is 0 Å². The van der Waals surface area contributed by atoms with Crippen LogP contribution >= 0.6 is 0 Å². The molecule has 44 valence electrons. The number of carbonyl (C=O) groups excluding carboxylic acids is 1. The third kappa shape index (κ3) is 2.89. The minimum atomic E-state index is -0.523. The molecular formula is C4H7N3O. The number of nitrogens with two attached hydrogens (primary N) is 2. The summed E-state index contributed by atoms with van der Waals surface area (Å²) in [6, 6.07) is 0. The van der Waals surface area contributed by atoms with Crippen LogP contribution in [0, 0.1) is 0 Å². The van der Waals surface area contributed by atoms with Gasteiger partial charge in [0.15, 0.2) is 5.96 Å². The average molecular weight is 113 g/mol. The molecule has 0 unspecified atom stereocenters. The molecule has 4 nitrogen and oxygen atoms in total. The first-order valence-corrected chi connectivity index (χ1v) is 1.93. The van der Waals surface area contributed by atoms with Gasteiger partial charge in [0.05, 0.1) is 0 Å². The molecule has 0 saturated heterocycles. The SMILES string of the molecule is C=CC(=O)N=C(N)N. The fraction of sp³-hybridized carbons (Fsp3) is 0. The highest BCUT2D eigenvalue weighted by molar-refractivity contribution is 5.97. The smallest absolute Gasteiger partial charge is 0.272 e. The third-order valence-corrected chi connectivity index (χ3v) is 0.414. The van der Waals surface area contributed by atoms with Crippen LogP contribution in [0.25, 0.3) is 0 Å². The Hall–Kier alpha value is -1.32. The summed E-state index contributed by atoms with van der Waals surface area (Å²) < 4.78 is 0. The molecule has 4 heteroatoms. The van der Waals surface area contributed by atoms with Gasteiger partial charge in [-0.15, -0.1) is 0 Å². The van der Waals surface area contributed by atoms with Crippen LogP contribution in [0.1, 0.15) is 0 Å². The number of hydrogen-bond acceptors (Lipinski definition) is 1. The van der Waals surface area contributed by atoms with Gasteiger partial charge >= 0.3 is 0 Å². The zero-order chi connectivity index (χ0) is 6.57. The number of nitrogens with zero attached hydrogens (tertiary/aromatic N) is 1. The summed E-state index contributed by atoms with van der Waals surface area (Å²) in [6.45, 7) is 3.15. The van der Waals surface area contributed by atoms with Gasteiger partial charge in [-0.25, -0.2) is 0 Å². The number of guanidine groups is 1. The van der Waals surface area contributed by atoms with Crippen LogP contribution in [0.4, 0.5) is 0 Å². The van der Waals surface area contributed by atoms with Gasteiger partial charge in [-0.05, 0) is 6.08 Å². The zero-order valence-electron chi connectivity index (χ0n) is 4.29. The van der Waals surface area contributed by atoms with Crippen molar-refractivity contribution in [3.8, 4) is 0 Å². The summed E-state index contributed by atoms with van der Waals surface area (Å²) in [7, 11) is 0. The lowest BCUT2D eigenvalue weighted by Crippen LogP contribution is -2.23. The Morgan fingerprint density at radius 3 is 2.25 bits per heavy atom. The van der Waals surface area contributed by atoms with Crippen LogP contribution in [0.15, 0.2) is 17.6 Å². The van der Waals surface area contributed by atoms with Gasteiger partial charge in [-0.1, -0.05) is 6.58 Å². The topological polar surface area (TPSA) is 81.5 Å². The Morgan fingerprint density at radius 2 is 2.12 bits per heavy atom. The number of amides is 1. The van der Waals surface area contributed by atoms with E-state index in [-0.39, 0.29) is 5.96 Å². The molecular weight excluding hydrogens is 106 g/mol. The lowest BCUT2D eigenvalue weighted by Gasteiger charge is -1.83. The Labute approximate surface area is 46.9 Å². The number of hydrogen-bond donors (Lipinski definition) is 2. The van der Waals surface area contributed by atoms with E-state index >= 15 is 0 Å². The van der Waals surface area contributed by atoms with Crippen LogP contribution < -0.4 is 11.5 Å². The van der Waals surface area contributed by atoms with Crippen molar-refractivity contribution in [2.75, 3.05) is 0 Å². The van der Waals surface area contributed by atoms with E-state index in [9.17, 15) is 4.79 Å². The van der Waals surface area contributed by atoms with Crippen LogP contribution in [0.2, 0.25) is 0 Å². The quantitative estimate of drug-likeness (QED) is 0.259. The lowest BCUT2D eigenvalue weighted by molar-refractivity contribution is -0.113. The van der Waals surface area contributed by atoms with Crippen molar-refractivity contribution in [3.63, 3.8) is 0 Å². The maximum absolute atomic E-state index is 10.2. The second kappa shape index (κ2) is 2.79. The maximum atomic E-state index is 10.2. The molecule has 0 aromatic rings. The molecule has 0 radical (unpaired) electrons. The molecule has 0 saturated carbocycles. The molecule has 0 aliphatic heterocycles. The van der Waals surface area contributed by atoms with Crippen molar-refractivity contribution < 1.29 is 4.79 Å². The van der Waals surface area contributed by atoms with E-state index in [4.69, 9.17) is 11.5 Å². The normalized spacial score (nSPS) is 7.50. The molecule has 0 heterocycles. The predicted octanol–water partition coefficient (Wildman–Crippen LogP) is -1.03. The van der Waals surface area contributed by atoms with Crippen molar-refractivity contribution in [2.45, 2.75) is 0 Å². The van der Waals surface area contributed by atoms with E-state index in [1.54, 1.807) is 0 Å². The molecule has 0 rings (SSSR count). The molecule has 0 spiro atoms. The van der Waals surface area contributed by atoms with Crippen LogP contribution in [-0.4, -0.2) is 11.9 Å². The molecule has 4 N–H and O–H groups in total. The largest absolute Gasteiger partial charge is 0.370 e. The van der Waals surface area contributed by atoms with Crippen LogP contribution in [0.3, 0.4) is 0 Å². The van der Waals surface area contributed by atoms with E-state index in [2.05, 4.69) is 11.6 Å². The highest BCUT2D eigenvalue weighted by Crippen LogP contribution is 1.71. The van der Waals surface area contributed by atoms with E-state index in [1.807, 2.05) is 0 Å². The highest BCUT2D eigenvalue weighted by atomic mass is 16.1. The monoisotopic (exact) mass is 113 g/mol. The molecule has 0 aliphatic rings. The van der Waals surface area contributed by atoms with E-state index in [0.29, 0.717) is 0 Å². The van der Waals surface area contributed by atoms with Crippen molar-refractivity contribution in [3.05, 3.63) is 12.7 Å². The minimum Gasteiger partial charge on any atom is -0.370 e. The Morgan fingerprint density at radius 1 is 1.62 bits per heavy atom. The molecule has 0 aromatic heterocycles. The fourth-order valence-corrected chi connectivity index (χ4v) is 0.173. The second-order valence-corrected chi connectivity index (χ2v) is 1.08. The van der Waals surface area contributed by atoms with Gasteiger partial charge in [0.1, 0.15) is 0 Å². The first kappa shape index (κ1) is 6.68. The Balaban J connectivity index is 3.89. The van der Waals surface area contributed by atoms with Crippen LogP contribution in [0.5, 0.6) is 0 Å². The average Bonchev–Trinajstić information content (AvgIpc) is 1.65. The van der Waals surface area contributed by atoms with Gasteiger partial charge in [0.25, 0.3) is 5.91 Å². The molecule has 1 amide bonds. The maximum Gasteiger partial charge on any atom is 0.272 e. The van der Waals surface area contributed by atoms with Gasteiger partial charge < -0.3 is 11.5 Å². The van der Waals surface area contributed by atoms with Gasteiger partial charge in [0, 0.05) is 0 Å². The van der Waals surface area contributed by atoms with Crippen LogP contribution in [-0.2, 0) is 4.79 Å². The van der Waals surface area contributed by atoms with Crippen molar-refractivity contribution in [1.29, 1.82) is 0 Å². The number of carbonyl (C=O) groups is 1. The molecule has 0 aliphatic carbocycles. The van der Waals surface area contributed by atoms with E-state index in [0.717, 1.165) is 6.08 Å². The summed E-state index contributed by atoms with van der Waals surface area (Å²) in [5.41, 5.74) is 9.66. The van der Waals surface area contributed by atoms with Crippen molar-refractivity contribution in [2.24, 2.45) is 16.5 Å². The molecule has 8 heavy (non-hydrogen) atoms. The van der Waals surface area contributed by atoms with E-state index in [1.165, 1.54) is 0 Å². The minimum absolute atomic E-state index is 0.241. The van der Waals surface area contributed by atoms with Gasteiger partial charge in [-0.2, -0.15) is 4.99 Å². The molecule has 0 aromatic carbocycles. The molecule has 0 bridgehead atoms. The summed E-state index contributed by atoms with van der Waals surface area (Å²) in [5, 5.41) is 0.